The van der Waals surface area contributed by atoms with Gasteiger partial charge in [0.2, 0.25) is 0 Å². The number of ether oxygens (including phenoxy) is 1. The summed E-state index contributed by atoms with van der Waals surface area (Å²) in [5.74, 6) is -0.399. The number of hydrogen-bond donors (Lipinski definition) is 1. The summed E-state index contributed by atoms with van der Waals surface area (Å²) in [6, 6.07) is 12.3. The van der Waals surface area contributed by atoms with Crippen LogP contribution in [0.5, 0.6) is 5.75 Å². The molecule has 0 amide bonds. The molecule has 0 unspecified atom stereocenters. The van der Waals surface area contributed by atoms with Crippen LogP contribution in [0.2, 0.25) is 0 Å². The van der Waals surface area contributed by atoms with Gasteiger partial charge in [0.15, 0.2) is 4.80 Å². The van der Waals surface area contributed by atoms with Crippen LogP contribution in [-0.2, 0) is 9.53 Å². The number of aromatic hydroxyl groups is 1. The molecule has 1 atom stereocenters. The first-order chi connectivity index (χ1) is 17.3. The van der Waals surface area contributed by atoms with E-state index < -0.39 is 12.0 Å². The molecule has 4 rings (SSSR count). The van der Waals surface area contributed by atoms with Gasteiger partial charge in [0.05, 0.1) is 28.5 Å². The molecule has 0 saturated heterocycles. The SMILES string of the molecule is CCOC(=O)C1=C(C)N=c2s/c(=C/c3ccc(N(CC)CC)cc3O)c(=O)n2[C@@H]1c1ccc(Br)cc1. The zero-order valence-corrected chi connectivity index (χ0v) is 23.0. The number of halogens is 1. The van der Waals surface area contributed by atoms with Crippen LogP contribution >= 0.6 is 27.3 Å². The monoisotopic (exact) mass is 569 g/mol. The number of esters is 1. The van der Waals surface area contributed by atoms with Crippen LogP contribution in [0.25, 0.3) is 6.08 Å². The van der Waals surface area contributed by atoms with Gasteiger partial charge in [-0.25, -0.2) is 9.79 Å². The maximum Gasteiger partial charge on any atom is 0.338 e. The van der Waals surface area contributed by atoms with Crippen LogP contribution in [0.4, 0.5) is 5.69 Å². The zero-order valence-electron chi connectivity index (χ0n) is 20.6. The van der Waals surface area contributed by atoms with Crippen molar-refractivity contribution in [1.29, 1.82) is 0 Å². The maximum absolute atomic E-state index is 13.7. The average Bonchev–Trinajstić information content (AvgIpc) is 3.15. The first-order valence-electron chi connectivity index (χ1n) is 11.8. The molecule has 7 nitrogen and oxygen atoms in total. The van der Waals surface area contributed by atoms with Gasteiger partial charge in [0.1, 0.15) is 5.75 Å². The highest BCUT2D eigenvalue weighted by Gasteiger charge is 2.33. The highest BCUT2D eigenvalue weighted by atomic mass is 79.9. The van der Waals surface area contributed by atoms with Crippen LogP contribution < -0.4 is 19.8 Å². The largest absolute Gasteiger partial charge is 0.507 e. The number of rotatable bonds is 7. The van der Waals surface area contributed by atoms with Crippen LogP contribution in [0.3, 0.4) is 0 Å². The first kappa shape index (κ1) is 25.9. The molecule has 1 N–H and O–H groups in total. The predicted octanol–water partition coefficient (Wildman–Crippen LogP) is 4.11. The summed E-state index contributed by atoms with van der Waals surface area (Å²) in [5.41, 5.74) is 2.80. The number of fused-ring (bicyclic) bond motifs is 1. The number of carbonyl (C=O) groups excluding carboxylic acids is 1. The molecule has 0 aliphatic carbocycles. The van der Waals surface area contributed by atoms with Crippen molar-refractivity contribution >= 4 is 45.0 Å². The van der Waals surface area contributed by atoms with Crippen molar-refractivity contribution in [1.82, 2.24) is 4.57 Å². The number of phenolic OH excluding ortho intramolecular Hbond substituents is 1. The number of anilines is 1. The molecular weight excluding hydrogens is 542 g/mol. The summed E-state index contributed by atoms with van der Waals surface area (Å²) in [6.45, 7) is 9.49. The highest BCUT2D eigenvalue weighted by molar-refractivity contribution is 9.10. The quantitative estimate of drug-likeness (QED) is 0.433. The van der Waals surface area contributed by atoms with E-state index in [2.05, 4.69) is 39.7 Å². The van der Waals surface area contributed by atoms with Crippen molar-refractivity contribution in [2.75, 3.05) is 24.6 Å². The maximum atomic E-state index is 13.7. The van der Waals surface area contributed by atoms with Crippen LogP contribution in [0.1, 0.15) is 44.9 Å². The van der Waals surface area contributed by atoms with E-state index in [1.165, 1.54) is 11.3 Å². The Morgan fingerprint density at radius 1 is 1.19 bits per heavy atom. The Morgan fingerprint density at radius 2 is 1.89 bits per heavy atom. The van der Waals surface area contributed by atoms with Crippen LogP contribution in [0, 0.1) is 0 Å². The third kappa shape index (κ3) is 4.90. The number of nitrogens with zero attached hydrogens (tertiary/aromatic N) is 3. The van der Waals surface area contributed by atoms with E-state index in [0.717, 1.165) is 28.8 Å². The smallest absolute Gasteiger partial charge is 0.338 e. The van der Waals surface area contributed by atoms with Crippen LogP contribution in [0.15, 0.2) is 68.0 Å². The summed E-state index contributed by atoms with van der Waals surface area (Å²) in [7, 11) is 0. The van der Waals surface area contributed by atoms with Crippen molar-refractivity contribution in [3.8, 4) is 5.75 Å². The molecule has 1 aromatic heterocycles. The number of aromatic nitrogens is 1. The number of hydrogen-bond acceptors (Lipinski definition) is 7. The Morgan fingerprint density at radius 3 is 2.50 bits per heavy atom. The van der Waals surface area contributed by atoms with Crippen molar-refractivity contribution in [3.05, 3.63) is 89.0 Å². The summed E-state index contributed by atoms with van der Waals surface area (Å²) >= 11 is 4.68. The number of allylic oxidation sites excluding steroid dienone is 1. The van der Waals surface area contributed by atoms with Crippen molar-refractivity contribution in [2.24, 2.45) is 4.99 Å². The number of thiazole rings is 1. The topological polar surface area (TPSA) is 84.1 Å². The first-order valence-corrected chi connectivity index (χ1v) is 13.4. The molecule has 0 fully saturated rings. The van der Waals surface area contributed by atoms with E-state index in [-0.39, 0.29) is 17.9 Å². The molecule has 9 heteroatoms. The van der Waals surface area contributed by atoms with E-state index in [4.69, 9.17) is 4.74 Å². The fourth-order valence-corrected chi connectivity index (χ4v) is 5.63. The molecule has 36 heavy (non-hydrogen) atoms. The second kappa shape index (κ2) is 10.8. The van der Waals surface area contributed by atoms with Gasteiger partial charge in [-0.2, -0.15) is 0 Å². The van der Waals surface area contributed by atoms with E-state index in [1.807, 2.05) is 36.4 Å². The van der Waals surface area contributed by atoms with Crippen LogP contribution in [-0.4, -0.2) is 35.3 Å². The molecule has 1 aliphatic heterocycles. The minimum Gasteiger partial charge on any atom is -0.507 e. The zero-order chi connectivity index (χ0) is 26.0. The van der Waals surface area contributed by atoms with Gasteiger partial charge in [-0.1, -0.05) is 39.4 Å². The lowest BCUT2D eigenvalue weighted by atomic mass is 9.96. The Bertz CT molecular complexity index is 1500. The molecule has 1 aliphatic rings. The Balaban J connectivity index is 1.88. The van der Waals surface area contributed by atoms with E-state index in [1.54, 1.807) is 30.6 Å². The standard InChI is InChI=1S/C27H28BrN3O4S/c1-5-30(6-2)20-13-10-18(21(32)15-20)14-22-25(33)31-24(17-8-11-19(28)12-9-17)23(26(34)35-7-3)16(4)29-27(31)36-22/h8-15,24,32H,5-7H2,1-4H3/b22-14+/t24-/m1/s1. The molecule has 2 heterocycles. The molecule has 188 valence electrons. The Labute approximate surface area is 221 Å². The normalized spacial score (nSPS) is 15.5. The molecule has 0 radical (unpaired) electrons. The molecule has 2 aromatic carbocycles. The summed E-state index contributed by atoms with van der Waals surface area (Å²) < 4.78 is 8.17. The molecule has 3 aromatic rings. The van der Waals surface area contributed by atoms with E-state index in [9.17, 15) is 14.7 Å². The van der Waals surface area contributed by atoms with Gasteiger partial charge in [0.25, 0.3) is 5.56 Å². The van der Waals surface area contributed by atoms with Gasteiger partial charge in [-0.05, 0) is 63.6 Å². The second-order valence-corrected chi connectivity index (χ2v) is 10.2. The summed E-state index contributed by atoms with van der Waals surface area (Å²) in [6.07, 6.45) is 1.67. The third-order valence-corrected chi connectivity index (χ3v) is 7.64. The molecule has 0 spiro atoms. The Hall–Kier alpha value is -3.17. The lowest BCUT2D eigenvalue weighted by Crippen LogP contribution is -2.39. The van der Waals surface area contributed by atoms with E-state index in [0.29, 0.717) is 26.2 Å². The van der Waals surface area contributed by atoms with Crippen molar-refractivity contribution < 1.29 is 14.6 Å². The summed E-state index contributed by atoms with van der Waals surface area (Å²) in [5, 5.41) is 10.7. The number of benzene rings is 2. The number of carbonyl (C=O) groups is 1. The lowest BCUT2D eigenvalue weighted by molar-refractivity contribution is -0.139. The van der Waals surface area contributed by atoms with Gasteiger partial charge < -0.3 is 14.7 Å². The second-order valence-electron chi connectivity index (χ2n) is 8.27. The average molecular weight is 571 g/mol. The minimum absolute atomic E-state index is 0.0955. The highest BCUT2D eigenvalue weighted by Crippen LogP contribution is 2.31. The fraction of sp³-hybridized carbons (Fsp3) is 0.296. The van der Waals surface area contributed by atoms with E-state index >= 15 is 0 Å². The van der Waals surface area contributed by atoms with Crippen molar-refractivity contribution in [3.63, 3.8) is 0 Å². The van der Waals surface area contributed by atoms with Gasteiger partial charge in [-0.15, -0.1) is 0 Å². The molecule has 0 bridgehead atoms. The minimum atomic E-state index is -0.672. The predicted molar refractivity (Wildman–Crippen MR) is 146 cm³/mol. The Kier molecular flexibility index (Phi) is 7.80. The van der Waals surface area contributed by atoms with Gasteiger partial charge in [0, 0.05) is 34.9 Å². The summed E-state index contributed by atoms with van der Waals surface area (Å²) in [4.78, 5) is 33.9. The van der Waals surface area contributed by atoms with Gasteiger partial charge in [-0.3, -0.25) is 9.36 Å². The number of phenols is 1. The molecule has 0 saturated carbocycles. The van der Waals surface area contributed by atoms with Gasteiger partial charge >= 0.3 is 5.97 Å². The lowest BCUT2D eigenvalue weighted by Gasteiger charge is -2.24. The molecular formula is C27H28BrN3O4S. The van der Waals surface area contributed by atoms with Crippen molar-refractivity contribution in [2.45, 2.75) is 33.7 Å². The third-order valence-electron chi connectivity index (χ3n) is 6.13. The fourth-order valence-electron chi connectivity index (χ4n) is 4.33.